The van der Waals surface area contributed by atoms with Crippen LogP contribution in [-0.2, 0) is 19.1 Å². The van der Waals surface area contributed by atoms with Crippen molar-refractivity contribution in [2.24, 2.45) is 5.92 Å². The van der Waals surface area contributed by atoms with Crippen molar-refractivity contribution in [1.82, 2.24) is 0 Å². The predicted molar refractivity (Wildman–Crippen MR) is 205 cm³/mol. The highest BCUT2D eigenvalue weighted by molar-refractivity contribution is 5.69. The van der Waals surface area contributed by atoms with Crippen LogP contribution < -0.4 is 0 Å². The normalized spacial score (nSPS) is 12.1. The molecule has 0 saturated heterocycles. The van der Waals surface area contributed by atoms with Crippen molar-refractivity contribution in [1.29, 1.82) is 0 Å². The van der Waals surface area contributed by atoms with Gasteiger partial charge in [0.15, 0.2) is 0 Å². The number of ether oxygens (including phenoxy) is 2. The van der Waals surface area contributed by atoms with Gasteiger partial charge in [-0.1, -0.05) is 213 Å². The third-order valence-corrected chi connectivity index (χ3v) is 9.77. The molecule has 0 aromatic rings. The van der Waals surface area contributed by atoms with E-state index in [0.29, 0.717) is 12.8 Å². The third kappa shape index (κ3) is 39.3. The highest BCUT2D eigenvalue weighted by Crippen LogP contribution is 2.16. The topological polar surface area (TPSA) is 72.8 Å². The van der Waals surface area contributed by atoms with Crippen LogP contribution in [0.5, 0.6) is 0 Å². The van der Waals surface area contributed by atoms with E-state index in [1.54, 1.807) is 0 Å². The molecule has 5 heteroatoms. The lowest BCUT2D eigenvalue weighted by atomic mass is 10.0. The second kappa shape index (κ2) is 38.7. The van der Waals surface area contributed by atoms with E-state index >= 15 is 0 Å². The number of hydrogen-bond acceptors (Lipinski definition) is 5. The number of unbranched alkanes of at least 4 members (excludes halogenated alkanes) is 29. The molecule has 48 heavy (non-hydrogen) atoms. The van der Waals surface area contributed by atoms with E-state index in [0.717, 1.165) is 31.6 Å². The SMILES string of the molecule is CCCCCCCCCCCCCCCCCCCC(=O)OC[C@@H](O)COC(=O)CCCCCCCCCCCCCCCCC(C)C. The zero-order valence-electron chi connectivity index (χ0n) is 32.7. The average molecular weight is 681 g/mol. The number of rotatable bonds is 39. The summed E-state index contributed by atoms with van der Waals surface area (Å²) in [4.78, 5) is 24.0. The molecule has 0 aromatic carbocycles. The van der Waals surface area contributed by atoms with Crippen molar-refractivity contribution < 1.29 is 24.2 Å². The van der Waals surface area contributed by atoms with E-state index in [1.165, 1.54) is 180 Å². The molecular weight excluding hydrogens is 596 g/mol. The predicted octanol–water partition coefficient (Wildman–Crippen LogP) is 13.4. The second-order valence-corrected chi connectivity index (χ2v) is 15.3. The van der Waals surface area contributed by atoms with Gasteiger partial charge in [-0.05, 0) is 18.8 Å². The minimum Gasteiger partial charge on any atom is -0.463 e. The van der Waals surface area contributed by atoms with E-state index in [2.05, 4.69) is 20.8 Å². The van der Waals surface area contributed by atoms with Crippen molar-refractivity contribution in [2.45, 2.75) is 245 Å². The molecule has 1 atom stereocenters. The number of carbonyl (C=O) groups excluding carboxylic acids is 2. The Morgan fingerprint density at radius 1 is 0.417 bits per heavy atom. The average Bonchev–Trinajstić information content (AvgIpc) is 3.07. The number of carbonyl (C=O) groups is 2. The first-order valence-corrected chi connectivity index (χ1v) is 21.4. The molecule has 0 bridgehead atoms. The Morgan fingerprint density at radius 3 is 0.938 bits per heavy atom. The van der Waals surface area contributed by atoms with Crippen LogP contribution in [0.15, 0.2) is 0 Å². The van der Waals surface area contributed by atoms with E-state index in [1.807, 2.05) is 0 Å². The first-order valence-electron chi connectivity index (χ1n) is 21.4. The Labute approximate surface area is 299 Å². The molecular formula is C43H84O5. The van der Waals surface area contributed by atoms with Crippen LogP contribution in [0.25, 0.3) is 0 Å². The molecule has 286 valence electrons. The van der Waals surface area contributed by atoms with Gasteiger partial charge in [0, 0.05) is 12.8 Å². The minimum absolute atomic E-state index is 0.108. The maximum absolute atomic E-state index is 12.0. The van der Waals surface area contributed by atoms with Gasteiger partial charge in [-0.15, -0.1) is 0 Å². The monoisotopic (exact) mass is 681 g/mol. The van der Waals surface area contributed by atoms with Crippen LogP contribution in [0.2, 0.25) is 0 Å². The fraction of sp³-hybridized carbons (Fsp3) is 0.953. The first kappa shape index (κ1) is 46.9. The van der Waals surface area contributed by atoms with E-state index in [4.69, 9.17) is 9.47 Å². The molecule has 0 amide bonds. The van der Waals surface area contributed by atoms with Gasteiger partial charge in [0.25, 0.3) is 0 Å². The van der Waals surface area contributed by atoms with Gasteiger partial charge >= 0.3 is 11.9 Å². The van der Waals surface area contributed by atoms with Crippen LogP contribution in [0.4, 0.5) is 0 Å². The van der Waals surface area contributed by atoms with E-state index < -0.39 is 6.10 Å². The molecule has 1 N–H and O–H groups in total. The smallest absolute Gasteiger partial charge is 0.305 e. The lowest BCUT2D eigenvalue weighted by Gasteiger charge is -2.12. The zero-order valence-corrected chi connectivity index (χ0v) is 32.7. The van der Waals surface area contributed by atoms with Gasteiger partial charge in [0.2, 0.25) is 0 Å². The number of aliphatic hydroxyl groups is 1. The molecule has 0 spiro atoms. The van der Waals surface area contributed by atoms with Gasteiger partial charge in [-0.25, -0.2) is 0 Å². The summed E-state index contributed by atoms with van der Waals surface area (Å²) in [5, 5.41) is 10.0. The maximum atomic E-state index is 12.0. The van der Waals surface area contributed by atoms with Crippen molar-refractivity contribution in [3.63, 3.8) is 0 Å². The van der Waals surface area contributed by atoms with Gasteiger partial charge < -0.3 is 14.6 Å². The molecule has 0 unspecified atom stereocenters. The summed E-state index contributed by atoms with van der Waals surface area (Å²) >= 11 is 0. The Balaban J connectivity index is 3.36. The molecule has 0 aromatic heterocycles. The van der Waals surface area contributed by atoms with Gasteiger partial charge in [-0.3, -0.25) is 9.59 Å². The quantitative estimate of drug-likeness (QED) is 0.0517. The van der Waals surface area contributed by atoms with Crippen LogP contribution in [-0.4, -0.2) is 36.4 Å². The maximum Gasteiger partial charge on any atom is 0.305 e. The fourth-order valence-electron chi connectivity index (χ4n) is 6.51. The largest absolute Gasteiger partial charge is 0.463 e. The molecule has 0 aliphatic heterocycles. The zero-order chi connectivity index (χ0) is 35.2. The van der Waals surface area contributed by atoms with Gasteiger partial charge in [0.05, 0.1) is 0 Å². The summed E-state index contributed by atoms with van der Waals surface area (Å²) in [6.07, 6.45) is 41.6. The van der Waals surface area contributed by atoms with Crippen molar-refractivity contribution in [3.8, 4) is 0 Å². The Morgan fingerprint density at radius 2 is 0.667 bits per heavy atom. The summed E-state index contributed by atoms with van der Waals surface area (Å²) in [5.41, 5.74) is 0. The molecule has 0 aliphatic carbocycles. The molecule has 0 rings (SSSR count). The van der Waals surface area contributed by atoms with Crippen LogP contribution in [0, 0.1) is 5.92 Å². The fourth-order valence-corrected chi connectivity index (χ4v) is 6.51. The number of aliphatic hydroxyl groups excluding tert-OH is 1. The van der Waals surface area contributed by atoms with Gasteiger partial charge in [0.1, 0.15) is 19.3 Å². The second-order valence-electron chi connectivity index (χ2n) is 15.3. The minimum atomic E-state index is -0.955. The highest BCUT2D eigenvalue weighted by Gasteiger charge is 2.12. The van der Waals surface area contributed by atoms with E-state index in [-0.39, 0.29) is 25.2 Å². The molecule has 0 saturated carbocycles. The summed E-state index contributed by atoms with van der Waals surface area (Å²) in [6.45, 7) is 6.70. The molecule has 5 nitrogen and oxygen atoms in total. The van der Waals surface area contributed by atoms with Crippen molar-refractivity contribution in [2.75, 3.05) is 13.2 Å². The number of hydrogen-bond donors (Lipinski definition) is 1. The first-order chi connectivity index (χ1) is 23.5. The van der Waals surface area contributed by atoms with Crippen molar-refractivity contribution >= 4 is 11.9 Å². The molecule has 0 radical (unpaired) electrons. The molecule has 0 fully saturated rings. The standard InChI is InChI=1S/C43H84O5/c1-4-5-6-7-8-9-10-11-12-13-14-18-21-24-27-30-33-36-42(45)47-38-41(44)39-48-43(46)37-34-31-28-25-22-19-16-15-17-20-23-26-29-32-35-40(2)3/h40-41,44H,4-39H2,1-3H3/t41-/m1/s1. The molecule has 0 heterocycles. The summed E-state index contributed by atoms with van der Waals surface area (Å²) in [7, 11) is 0. The van der Waals surface area contributed by atoms with Gasteiger partial charge in [-0.2, -0.15) is 0 Å². The Kier molecular flexibility index (Phi) is 37.8. The van der Waals surface area contributed by atoms with Crippen molar-refractivity contribution in [3.05, 3.63) is 0 Å². The highest BCUT2D eigenvalue weighted by atomic mass is 16.6. The lowest BCUT2D eigenvalue weighted by molar-refractivity contribution is -0.152. The summed E-state index contributed by atoms with van der Waals surface area (Å²) in [6, 6.07) is 0. The Hall–Kier alpha value is -1.10. The lowest BCUT2D eigenvalue weighted by Crippen LogP contribution is -2.25. The van der Waals surface area contributed by atoms with Crippen LogP contribution >= 0.6 is 0 Å². The molecule has 0 aliphatic rings. The number of esters is 2. The third-order valence-electron chi connectivity index (χ3n) is 9.77. The summed E-state index contributed by atoms with van der Waals surface area (Å²) < 4.78 is 10.4. The van der Waals surface area contributed by atoms with E-state index in [9.17, 15) is 14.7 Å². The van der Waals surface area contributed by atoms with Crippen LogP contribution in [0.1, 0.15) is 239 Å². The summed E-state index contributed by atoms with van der Waals surface area (Å²) in [5.74, 6) is 0.304. The van der Waals surface area contributed by atoms with Crippen LogP contribution in [0.3, 0.4) is 0 Å². The Bertz CT molecular complexity index is 664.